The Kier molecular flexibility index (Phi) is 4.90. The van der Waals surface area contributed by atoms with Crippen molar-refractivity contribution in [2.75, 3.05) is 4.72 Å². The fraction of sp³-hybridized carbons (Fsp3) is 0.143. The molecule has 0 unspecified atom stereocenters. The second-order valence-electron chi connectivity index (χ2n) is 5.12. The monoisotopic (exact) mass is 396 g/mol. The van der Waals surface area contributed by atoms with E-state index in [1.165, 1.54) is 6.92 Å². The van der Waals surface area contributed by atoms with Crippen LogP contribution in [0.1, 0.15) is 11.1 Å². The number of hydrogen-bond donors (Lipinski definition) is 1. The van der Waals surface area contributed by atoms with Crippen molar-refractivity contribution in [1.82, 2.24) is 0 Å². The van der Waals surface area contributed by atoms with Gasteiger partial charge in [0.15, 0.2) is 0 Å². The molecule has 0 aliphatic heterocycles. The van der Waals surface area contributed by atoms with Crippen molar-refractivity contribution in [3.8, 4) is 0 Å². The Morgan fingerprint density at radius 1 is 1.08 bits per heavy atom. The van der Waals surface area contributed by atoms with E-state index in [4.69, 9.17) is 0 Å². The summed E-state index contributed by atoms with van der Waals surface area (Å²) in [4.78, 5) is 8.80. The van der Waals surface area contributed by atoms with Gasteiger partial charge in [0.1, 0.15) is 16.5 Å². The Labute approximate surface area is 143 Å². The van der Waals surface area contributed by atoms with Crippen LogP contribution in [0.5, 0.6) is 0 Å². The molecule has 0 atom stereocenters. The fourth-order valence-corrected chi connectivity index (χ4v) is 3.19. The maximum atomic E-state index is 13.9. The Bertz CT molecular complexity index is 990. The average Bonchev–Trinajstić information content (AvgIpc) is 2.47. The molecule has 2 rings (SSSR count). The number of aryl methyl sites for hydroxylation is 1. The van der Waals surface area contributed by atoms with Gasteiger partial charge in [0.25, 0.3) is 15.7 Å². The number of nitro benzene ring substituents is 1. The largest absolute Gasteiger partial charge is 0.419 e. The molecule has 0 aliphatic rings. The van der Waals surface area contributed by atoms with Gasteiger partial charge in [-0.1, -0.05) is 0 Å². The summed E-state index contributed by atoms with van der Waals surface area (Å²) in [6.07, 6.45) is -5.08. The fourth-order valence-electron chi connectivity index (χ4n) is 2.06. The number of nitrogens with zero attached hydrogens (tertiary/aromatic N) is 1. The average molecular weight is 396 g/mol. The predicted octanol–water partition coefficient (Wildman–Crippen LogP) is 4.00. The van der Waals surface area contributed by atoms with Gasteiger partial charge in [0.05, 0.1) is 10.5 Å². The third-order valence-electron chi connectivity index (χ3n) is 3.26. The summed E-state index contributed by atoms with van der Waals surface area (Å²) in [5.41, 5.74) is -3.26. The molecule has 0 radical (unpaired) electrons. The third-order valence-corrected chi connectivity index (χ3v) is 4.66. The van der Waals surface area contributed by atoms with Crippen LogP contribution in [0.4, 0.5) is 33.3 Å². The van der Waals surface area contributed by atoms with Gasteiger partial charge >= 0.3 is 6.18 Å². The minimum atomic E-state index is -5.08. The van der Waals surface area contributed by atoms with E-state index < -0.39 is 54.6 Å². The lowest BCUT2D eigenvalue weighted by atomic mass is 10.2. The first kappa shape index (κ1) is 19.6. The summed E-state index contributed by atoms with van der Waals surface area (Å²) in [5, 5.41) is 10.9. The maximum Gasteiger partial charge on any atom is 0.419 e. The van der Waals surface area contributed by atoms with E-state index in [0.717, 1.165) is 0 Å². The number of alkyl halides is 3. The normalized spacial score (nSPS) is 12.1. The Morgan fingerprint density at radius 2 is 1.69 bits per heavy atom. The van der Waals surface area contributed by atoms with Crippen molar-refractivity contribution in [3.63, 3.8) is 0 Å². The zero-order valence-electron chi connectivity index (χ0n) is 12.8. The molecule has 0 spiro atoms. The number of hydrogen-bond acceptors (Lipinski definition) is 4. The van der Waals surface area contributed by atoms with Crippen molar-refractivity contribution < 1.29 is 35.3 Å². The van der Waals surface area contributed by atoms with Crippen molar-refractivity contribution in [2.24, 2.45) is 0 Å². The van der Waals surface area contributed by atoms with Gasteiger partial charge in [0, 0.05) is 17.3 Å². The van der Waals surface area contributed by atoms with E-state index in [1.807, 2.05) is 0 Å². The number of halogens is 5. The number of anilines is 1. The smallest absolute Gasteiger partial charge is 0.280 e. The lowest BCUT2D eigenvalue weighted by Gasteiger charge is -2.13. The van der Waals surface area contributed by atoms with E-state index in [1.54, 1.807) is 4.72 Å². The zero-order chi connectivity index (χ0) is 19.9. The maximum absolute atomic E-state index is 13.9. The summed E-state index contributed by atoms with van der Waals surface area (Å²) in [7, 11) is -4.81. The Morgan fingerprint density at radius 3 is 2.23 bits per heavy atom. The minimum absolute atomic E-state index is 0.146. The van der Waals surface area contributed by atoms with Crippen molar-refractivity contribution in [1.29, 1.82) is 0 Å². The first-order valence-corrected chi connectivity index (χ1v) is 8.15. The van der Waals surface area contributed by atoms with Gasteiger partial charge in [-0.15, -0.1) is 0 Å². The summed E-state index contributed by atoms with van der Waals surface area (Å²) in [6, 6.07) is 2.32. The number of nitrogens with one attached hydrogen (secondary N) is 1. The molecule has 12 heteroatoms. The Hall–Kier alpha value is -2.76. The standard InChI is InChI=1S/C14H9F5N2O4S/c1-7-4-11(16)13(6-12(7)21(22)23)26(24,25)20-8-2-3-10(15)9(5-8)14(17,18)19/h2-6,20H,1H3. The van der Waals surface area contributed by atoms with Crippen LogP contribution in [0.25, 0.3) is 0 Å². The topological polar surface area (TPSA) is 89.3 Å². The van der Waals surface area contributed by atoms with Gasteiger partial charge < -0.3 is 0 Å². The van der Waals surface area contributed by atoms with Crippen LogP contribution in [-0.2, 0) is 16.2 Å². The molecular weight excluding hydrogens is 387 g/mol. The molecule has 2 aromatic rings. The van der Waals surface area contributed by atoms with Crippen LogP contribution in [0.2, 0.25) is 0 Å². The van der Waals surface area contributed by atoms with Gasteiger partial charge in [-0.2, -0.15) is 13.2 Å². The molecule has 0 saturated heterocycles. The number of nitro groups is 1. The van der Waals surface area contributed by atoms with E-state index in [2.05, 4.69) is 0 Å². The highest BCUT2D eigenvalue weighted by Gasteiger charge is 2.34. The quantitative estimate of drug-likeness (QED) is 0.481. The SMILES string of the molecule is Cc1cc(F)c(S(=O)(=O)Nc2ccc(F)c(C(F)(F)F)c2)cc1[N+](=O)[O-]. The second kappa shape index (κ2) is 6.52. The van der Waals surface area contributed by atoms with Crippen LogP contribution >= 0.6 is 0 Å². The molecule has 0 bridgehead atoms. The third kappa shape index (κ3) is 3.90. The molecule has 0 aliphatic carbocycles. The summed E-state index contributed by atoms with van der Waals surface area (Å²) >= 11 is 0. The van der Waals surface area contributed by atoms with Gasteiger partial charge in [-0.25, -0.2) is 17.2 Å². The van der Waals surface area contributed by atoms with Crippen LogP contribution < -0.4 is 4.72 Å². The molecule has 0 fully saturated rings. The van der Waals surface area contributed by atoms with Crippen LogP contribution in [0.3, 0.4) is 0 Å². The zero-order valence-corrected chi connectivity index (χ0v) is 13.6. The van der Waals surface area contributed by atoms with Gasteiger partial charge in [0.2, 0.25) is 0 Å². The molecule has 0 heterocycles. The highest BCUT2D eigenvalue weighted by Crippen LogP contribution is 2.34. The summed E-state index contributed by atoms with van der Waals surface area (Å²) in [5.74, 6) is -2.96. The highest BCUT2D eigenvalue weighted by molar-refractivity contribution is 7.92. The van der Waals surface area contributed by atoms with Crippen LogP contribution in [0, 0.1) is 28.7 Å². The van der Waals surface area contributed by atoms with Gasteiger partial charge in [-0.05, 0) is 31.2 Å². The number of sulfonamides is 1. The molecule has 0 aromatic heterocycles. The lowest BCUT2D eigenvalue weighted by Crippen LogP contribution is -2.16. The van der Waals surface area contributed by atoms with E-state index >= 15 is 0 Å². The van der Waals surface area contributed by atoms with E-state index in [9.17, 15) is 40.5 Å². The molecule has 26 heavy (non-hydrogen) atoms. The number of benzene rings is 2. The van der Waals surface area contributed by atoms with Crippen molar-refractivity contribution >= 4 is 21.4 Å². The second-order valence-corrected chi connectivity index (χ2v) is 6.77. The van der Waals surface area contributed by atoms with Crippen LogP contribution in [-0.4, -0.2) is 13.3 Å². The van der Waals surface area contributed by atoms with Gasteiger partial charge in [-0.3, -0.25) is 14.8 Å². The molecule has 2 aromatic carbocycles. The van der Waals surface area contributed by atoms with Crippen molar-refractivity contribution in [3.05, 3.63) is 63.2 Å². The van der Waals surface area contributed by atoms with Crippen LogP contribution in [0.15, 0.2) is 35.2 Å². The molecule has 140 valence electrons. The first-order chi connectivity index (χ1) is 11.8. The number of rotatable bonds is 4. The molecule has 6 nitrogen and oxygen atoms in total. The minimum Gasteiger partial charge on any atom is -0.280 e. The predicted molar refractivity (Wildman–Crippen MR) is 80.0 cm³/mol. The highest BCUT2D eigenvalue weighted by atomic mass is 32.2. The Balaban J connectivity index is 2.51. The molecule has 0 saturated carbocycles. The summed E-state index contributed by atoms with van der Waals surface area (Å²) < 4.78 is 91.3. The van der Waals surface area contributed by atoms with E-state index in [-0.39, 0.29) is 11.6 Å². The first-order valence-electron chi connectivity index (χ1n) is 6.67. The summed E-state index contributed by atoms with van der Waals surface area (Å²) in [6.45, 7) is 1.18. The molecule has 1 N–H and O–H groups in total. The molecular formula is C14H9F5N2O4S. The van der Waals surface area contributed by atoms with E-state index in [0.29, 0.717) is 24.3 Å². The van der Waals surface area contributed by atoms with Crippen molar-refractivity contribution in [2.45, 2.75) is 18.0 Å². The molecule has 0 amide bonds. The lowest BCUT2D eigenvalue weighted by molar-refractivity contribution is -0.385.